The van der Waals surface area contributed by atoms with Gasteiger partial charge in [0.25, 0.3) is 0 Å². The van der Waals surface area contributed by atoms with Gasteiger partial charge in [0.2, 0.25) is 0 Å². The van der Waals surface area contributed by atoms with Crippen LogP contribution in [0, 0.1) is 6.92 Å². The maximum absolute atomic E-state index is 12.4. The van der Waals surface area contributed by atoms with Crippen molar-refractivity contribution in [2.24, 2.45) is 0 Å². The van der Waals surface area contributed by atoms with E-state index in [9.17, 15) is 9.59 Å². The van der Waals surface area contributed by atoms with E-state index >= 15 is 0 Å². The molecule has 0 atom stereocenters. The summed E-state index contributed by atoms with van der Waals surface area (Å²) in [6.45, 7) is 5.19. The van der Waals surface area contributed by atoms with Crippen LogP contribution in [0.4, 0.5) is 10.5 Å². The van der Waals surface area contributed by atoms with Crippen molar-refractivity contribution in [1.82, 2.24) is 9.88 Å². The van der Waals surface area contributed by atoms with Crippen molar-refractivity contribution < 1.29 is 14.3 Å². The molecular weight excluding hydrogens is 366 g/mol. The normalized spacial score (nSPS) is 10.4. The van der Waals surface area contributed by atoms with Gasteiger partial charge in [-0.2, -0.15) is 0 Å². The summed E-state index contributed by atoms with van der Waals surface area (Å²) < 4.78 is 7.13. The number of anilines is 1. The first kappa shape index (κ1) is 20.2. The summed E-state index contributed by atoms with van der Waals surface area (Å²) in [6, 6.07) is 18.7. The summed E-state index contributed by atoms with van der Waals surface area (Å²) in [5.74, 6) is -0.463. The van der Waals surface area contributed by atoms with Crippen LogP contribution in [0.5, 0.6) is 0 Å². The average Bonchev–Trinajstić information content (AvgIpc) is 3.14. The van der Waals surface area contributed by atoms with Gasteiger partial charge in [-0.25, -0.2) is 9.59 Å². The Morgan fingerprint density at radius 2 is 1.86 bits per heavy atom. The first-order valence-corrected chi connectivity index (χ1v) is 9.57. The number of hydrogen-bond donors (Lipinski definition) is 2. The molecule has 6 nitrogen and oxygen atoms in total. The molecule has 29 heavy (non-hydrogen) atoms. The van der Waals surface area contributed by atoms with Crippen LogP contribution in [0.25, 0.3) is 0 Å². The first-order chi connectivity index (χ1) is 14.1. The number of carbonyl (C=O) groups is 2. The zero-order valence-electron chi connectivity index (χ0n) is 16.6. The molecule has 0 aliphatic rings. The molecule has 2 aromatic carbocycles. The quantitative estimate of drug-likeness (QED) is 0.589. The van der Waals surface area contributed by atoms with Gasteiger partial charge in [0, 0.05) is 18.4 Å². The van der Waals surface area contributed by atoms with Gasteiger partial charge < -0.3 is 19.9 Å². The Morgan fingerprint density at radius 1 is 1.03 bits per heavy atom. The number of rotatable bonds is 7. The van der Waals surface area contributed by atoms with Crippen molar-refractivity contribution in [3.63, 3.8) is 0 Å². The molecule has 150 valence electrons. The zero-order chi connectivity index (χ0) is 20.6. The SMILES string of the molecule is CCOC(=O)c1ccccc1NC(=O)NCc1cccn1Cc1cccc(C)c1. The highest BCUT2D eigenvalue weighted by atomic mass is 16.5. The van der Waals surface area contributed by atoms with E-state index in [0.717, 1.165) is 12.2 Å². The fraction of sp³-hybridized carbons (Fsp3) is 0.217. The maximum Gasteiger partial charge on any atom is 0.340 e. The molecule has 0 aliphatic heterocycles. The predicted octanol–water partition coefficient (Wildman–Crippen LogP) is 4.34. The smallest absolute Gasteiger partial charge is 0.340 e. The number of amides is 2. The van der Waals surface area contributed by atoms with E-state index < -0.39 is 5.97 Å². The van der Waals surface area contributed by atoms with Crippen LogP contribution in [0.3, 0.4) is 0 Å². The number of aryl methyl sites for hydroxylation is 1. The molecule has 2 N–H and O–H groups in total. The molecule has 0 aliphatic carbocycles. The summed E-state index contributed by atoms with van der Waals surface area (Å²) in [7, 11) is 0. The highest BCUT2D eigenvalue weighted by Gasteiger charge is 2.14. The van der Waals surface area contributed by atoms with Crippen molar-refractivity contribution in [1.29, 1.82) is 0 Å². The lowest BCUT2D eigenvalue weighted by Crippen LogP contribution is -2.29. The highest BCUT2D eigenvalue weighted by Crippen LogP contribution is 2.16. The molecule has 3 rings (SSSR count). The van der Waals surface area contributed by atoms with Gasteiger partial charge in [-0.15, -0.1) is 0 Å². The van der Waals surface area contributed by atoms with E-state index in [4.69, 9.17) is 4.74 Å². The Hall–Kier alpha value is -3.54. The Labute approximate surface area is 170 Å². The minimum Gasteiger partial charge on any atom is -0.462 e. The molecule has 0 unspecified atom stereocenters. The predicted molar refractivity (Wildman–Crippen MR) is 113 cm³/mol. The van der Waals surface area contributed by atoms with Crippen LogP contribution < -0.4 is 10.6 Å². The largest absolute Gasteiger partial charge is 0.462 e. The molecule has 1 aromatic heterocycles. The van der Waals surface area contributed by atoms with E-state index in [0.29, 0.717) is 17.8 Å². The third kappa shape index (κ3) is 5.48. The number of carbonyl (C=O) groups excluding carboxylic acids is 2. The number of benzene rings is 2. The van der Waals surface area contributed by atoms with Gasteiger partial charge in [-0.1, -0.05) is 42.0 Å². The fourth-order valence-electron chi connectivity index (χ4n) is 3.09. The van der Waals surface area contributed by atoms with E-state index in [1.54, 1.807) is 31.2 Å². The molecule has 2 amide bonds. The summed E-state index contributed by atoms with van der Waals surface area (Å²) in [5, 5.41) is 5.58. The Kier molecular flexibility index (Phi) is 6.68. The van der Waals surface area contributed by atoms with Crippen LogP contribution in [0.1, 0.15) is 34.1 Å². The third-order valence-electron chi connectivity index (χ3n) is 4.46. The molecule has 0 spiro atoms. The van der Waals surface area contributed by atoms with E-state index in [2.05, 4.69) is 40.3 Å². The van der Waals surface area contributed by atoms with Gasteiger partial charge in [-0.05, 0) is 43.7 Å². The topological polar surface area (TPSA) is 72.4 Å². The molecule has 1 heterocycles. The summed E-state index contributed by atoms with van der Waals surface area (Å²) in [5.41, 5.74) is 4.15. The lowest BCUT2D eigenvalue weighted by Gasteiger charge is -2.13. The minimum absolute atomic E-state index is 0.275. The Balaban J connectivity index is 1.61. The number of aromatic nitrogens is 1. The van der Waals surface area contributed by atoms with Crippen LogP contribution in [-0.4, -0.2) is 23.2 Å². The van der Waals surface area contributed by atoms with E-state index in [1.165, 1.54) is 11.1 Å². The second-order valence-corrected chi connectivity index (χ2v) is 6.69. The van der Waals surface area contributed by atoms with Crippen molar-refractivity contribution in [2.45, 2.75) is 26.9 Å². The van der Waals surface area contributed by atoms with Crippen molar-refractivity contribution in [3.8, 4) is 0 Å². The third-order valence-corrected chi connectivity index (χ3v) is 4.46. The molecule has 3 aromatic rings. The number of urea groups is 1. The molecule has 0 saturated heterocycles. The Morgan fingerprint density at radius 3 is 2.66 bits per heavy atom. The Bertz CT molecular complexity index is 994. The molecule has 6 heteroatoms. The molecule has 0 radical (unpaired) electrons. The number of esters is 1. The standard InChI is InChI=1S/C23H25N3O3/c1-3-29-22(27)20-11-4-5-12-21(20)25-23(28)24-15-19-10-7-13-26(19)16-18-9-6-8-17(2)14-18/h4-14H,3,15-16H2,1-2H3,(H2,24,25,28). The van der Waals surface area contributed by atoms with Crippen molar-refractivity contribution >= 4 is 17.7 Å². The highest BCUT2D eigenvalue weighted by molar-refractivity contribution is 6.00. The first-order valence-electron chi connectivity index (χ1n) is 9.57. The second-order valence-electron chi connectivity index (χ2n) is 6.69. The maximum atomic E-state index is 12.4. The molecular formula is C23H25N3O3. The van der Waals surface area contributed by atoms with E-state index in [-0.39, 0.29) is 12.6 Å². The number of hydrogen-bond acceptors (Lipinski definition) is 3. The van der Waals surface area contributed by atoms with Crippen molar-refractivity contribution in [2.75, 3.05) is 11.9 Å². The summed E-state index contributed by atoms with van der Waals surface area (Å²) in [6.07, 6.45) is 1.99. The molecule has 0 fully saturated rings. The lowest BCUT2D eigenvalue weighted by molar-refractivity contribution is 0.0527. The number of para-hydroxylation sites is 1. The van der Waals surface area contributed by atoms with Crippen LogP contribution in [0.15, 0.2) is 66.9 Å². The average molecular weight is 391 g/mol. The monoisotopic (exact) mass is 391 g/mol. The van der Waals surface area contributed by atoms with Crippen LogP contribution >= 0.6 is 0 Å². The van der Waals surface area contributed by atoms with Gasteiger partial charge in [-0.3, -0.25) is 0 Å². The summed E-state index contributed by atoms with van der Waals surface area (Å²) >= 11 is 0. The number of ether oxygens (including phenoxy) is 1. The fourth-order valence-corrected chi connectivity index (χ4v) is 3.09. The van der Waals surface area contributed by atoms with Gasteiger partial charge >= 0.3 is 12.0 Å². The number of nitrogens with zero attached hydrogens (tertiary/aromatic N) is 1. The van der Waals surface area contributed by atoms with Gasteiger partial charge in [0.1, 0.15) is 0 Å². The van der Waals surface area contributed by atoms with Gasteiger partial charge in [0.15, 0.2) is 0 Å². The summed E-state index contributed by atoms with van der Waals surface area (Å²) in [4.78, 5) is 24.4. The minimum atomic E-state index is -0.463. The van der Waals surface area contributed by atoms with Crippen LogP contribution in [-0.2, 0) is 17.8 Å². The van der Waals surface area contributed by atoms with Gasteiger partial charge in [0.05, 0.1) is 24.4 Å². The number of nitrogens with one attached hydrogen (secondary N) is 2. The second kappa shape index (κ2) is 9.59. The molecule has 0 saturated carbocycles. The van der Waals surface area contributed by atoms with Crippen LogP contribution in [0.2, 0.25) is 0 Å². The lowest BCUT2D eigenvalue weighted by atomic mass is 10.1. The van der Waals surface area contributed by atoms with Crippen molar-refractivity contribution in [3.05, 3.63) is 89.2 Å². The molecule has 0 bridgehead atoms. The van der Waals surface area contributed by atoms with E-state index in [1.807, 2.05) is 24.4 Å². The zero-order valence-corrected chi connectivity index (χ0v) is 16.6.